The van der Waals surface area contributed by atoms with Crippen LogP contribution in [0, 0.1) is 11.6 Å². The molecule has 1 aliphatic heterocycles. The van der Waals surface area contributed by atoms with Crippen molar-refractivity contribution < 1.29 is 18.3 Å². The van der Waals surface area contributed by atoms with Crippen molar-refractivity contribution in [3.05, 3.63) is 65.7 Å². The predicted molar refractivity (Wildman–Crippen MR) is 94.5 cm³/mol. The number of para-hydroxylation sites is 1. The molecule has 0 saturated carbocycles. The second kappa shape index (κ2) is 6.71. The molecule has 0 unspecified atom stereocenters. The summed E-state index contributed by atoms with van der Waals surface area (Å²) < 4.78 is 32.2. The van der Waals surface area contributed by atoms with Gasteiger partial charge in [0.05, 0.1) is 5.56 Å². The van der Waals surface area contributed by atoms with Crippen molar-refractivity contribution in [1.82, 2.24) is 4.98 Å². The zero-order chi connectivity index (χ0) is 18.1. The van der Waals surface area contributed by atoms with Gasteiger partial charge >= 0.3 is 5.97 Å². The summed E-state index contributed by atoms with van der Waals surface area (Å²) in [6.07, 6.45) is 2.25. The first-order valence-electron chi connectivity index (χ1n) is 8.44. The number of carbonyl (C=O) groups is 1. The summed E-state index contributed by atoms with van der Waals surface area (Å²) in [5.74, 6) is -1.52. The third kappa shape index (κ3) is 3.10. The summed E-state index contributed by atoms with van der Waals surface area (Å²) in [6, 6.07) is 11.8. The van der Waals surface area contributed by atoms with Crippen LogP contribution in [-0.2, 0) is 0 Å². The largest absolute Gasteiger partial charge is 0.421 e. The van der Waals surface area contributed by atoms with E-state index in [2.05, 4.69) is 9.88 Å². The third-order valence-corrected chi connectivity index (χ3v) is 4.45. The number of benzene rings is 2. The van der Waals surface area contributed by atoms with E-state index in [1.54, 1.807) is 12.1 Å². The molecule has 0 bridgehead atoms. The molecule has 2 aromatic carbocycles. The average Bonchev–Trinajstić information content (AvgIpc) is 3.16. The predicted octanol–water partition coefficient (Wildman–Crippen LogP) is 4.33. The fraction of sp³-hybridized carbons (Fsp3) is 0.200. The molecule has 6 heteroatoms. The van der Waals surface area contributed by atoms with Crippen molar-refractivity contribution in [3.63, 3.8) is 0 Å². The van der Waals surface area contributed by atoms with Crippen LogP contribution in [0.1, 0.15) is 23.2 Å². The monoisotopic (exact) mass is 354 g/mol. The Balaban J connectivity index is 1.69. The van der Waals surface area contributed by atoms with Gasteiger partial charge in [-0.2, -0.15) is 0 Å². The van der Waals surface area contributed by atoms with E-state index in [0.717, 1.165) is 49.3 Å². The zero-order valence-corrected chi connectivity index (χ0v) is 13.9. The lowest BCUT2D eigenvalue weighted by Crippen LogP contribution is -2.19. The van der Waals surface area contributed by atoms with E-state index in [1.807, 2.05) is 18.2 Å². The lowest BCUT2D eigenvalue weighted by Gasteiger charge is -2.17. The molecule has 1 saturated heterocycles. The molecule has 1 aromatic heterocycles. The number of hydrogen-bond donors (Lipinski definition) is 0. The Hall–Kier alpha value is -3.02. The van der Waals surface area contributed by atoms with Crippen molar-refractivity contribution in [2.24, 2.45) is 0 Å². The van der Waals surface area contributed by atoms with E-state index in [9.17, 15) is 13.6 Å². The maximum atomic E-state index is 13.8. The fourth-order valence-electron chi connectivity index (χ4n) is 3.12. The number of anilines is 1. The molecule has 0 spiro atoms. The number of halogens is 2. The summed E-state index contributed by atoms with van der Waals surface area (Å²) in [6.45, 7) is 1.89. The minimum atomic E-state index is -0.957. The van der Waals surface area contributed by atoms with Crippen LogP contribution in [-0.4, -0.2) is 24.0 Å². The minimum absolute atomic E-state index is 0.247. The molecular formula is C20H16F2N2O2. The highest BCUT2D eigenvalue weighted by Crippen LogP contribution is 2.28. The normalized spacial score (nSPS) is 14.0. The summed E-state index contributed by atoms with van der Waals surface area (Å²) in [5, 5.41) is 0.817. The van der Waals surface area contributed by atoms with Crippen LogP contribution in [0.4, 0.5) is 14.6 Å². The van der Waals surface area contributed by atoms with E-state index in [4.69, 9.17) is 4.74 Å². The quantitative estimate of drug-likeness (QED) is 0.519. The van der Waals surface area contributed by atoms with Gasteiger partial charge in [-0.15, -0.1) is 0 Å². The van der Waals surface area contributed by atoms with Gasteiger partial charge in [0.2, 0.25) is 0 Å². The van der Waals surface area contributed by atoms with E-state index in [1.165, 1.54) is 0 Å². The van der Waals surface area contributed by atoms with Gasteiger partial charge in [-0.25, -0.2) is 18.6 Å². The Bertz CT molecular complexity index is 985. The van der Waals surface area contributed by atoms with Crippen LogP contribution in [0.25, 0.3) is 10.9 Å². The van der Waals surface area contributed by atoms with Crippen molar-refractivity contribution in [2.45, 2.75) is 12.8 Å². The maximum Gasteiger partial charge on any atom is 0.346 e. The molecule has 26 heavy (non-hydrogen) atoms. The second-order valence-corrected chi connectivity index (χ2v) is 6.21. The first-order chi connectivity index (χ1) is 12.6. The molecule has 132 valence electrons. The molecule has 0 radical (unpaired) electrons. The van der Waals surface area contributed by atoms with Crippen LogP contribution in [0.3, 0.4) is 0 Å². The number of esters is 1. The Labute approximate surface area is 149 Å². The number of carbonyl (C=O) groups excluding carboxylic acids is 1. The van der Waals surface area contributed by atoms with Crippen molar-refractivity contribution in [2.75, 3.05) is 18.0 Å². The molecule has 0 atom stereocenters. The van der Waals surface area contributed by atoms with Crippen LogP contribution < -0.4 is 9.64 Å². The van der Waals surface area contributed by atoms with E-state index in [-0.39, 0.29) is 11.3 Å². The summed E-state index contributed by atoms with van der Waals surface area (Å²) in [7, 11) is 0. The van der Waals surface area contributed by atoms with Crippen LogP contribution in [0.15, 0.2) is 48.5 Å². The Kier molecular flexibility index (Phi) is 4.24. The van der Waals surface area contributed by atoms with Gasteiger partial charge in [-0.3, -0.25) is 0 Å². The maximum absolute atomic E-state index is 13.8. The van der Waals surface area contributed by atoms with Crippen molar-refractivity contribution in [1.29, 1.82) is 0 Å². The van der Waals surface area contributed by atoms with Gasteiger partial charge in [0, 0.05) is 24.5 Å². The topological polar surface area (TPSA) is 42.4 Å². The number of pyridine rings is 1. The molecule has 1 fully saturated rings. The Morgan fingerprint density at radius 2 is 1.85 bits per heavy atom. The summed E-state index contributed by atoms with van der Waals surface area (Å²) in [4.78, 5) is 19.1. The highest BCUT2D eigenvalue weighted by Gasteiger charge is 2.18. The molecule has 1 aliphatic rings. The number of nitrogens with zero attached hydrogens (tertiary/aromatic N) is 2. The highest BCUT2D eigenvalue weighted by molar-refractivity contribution is 5.94. The SMILES string of the molecule is O=C(Oc1cccc2ccc(N3CCCC3)nc12)c1ccc(F)cc1F. The van der Waals surface area contributed by atoms with Gasteiger partial charge in [0.25, 0.3) is 0 Å². The highest BCUT2D eigenvalue weighted by atomic mass is 19.1. The number of fused-ring (bicyclic) bond motifs is 1. The third-order valence-electron chi connectivity index (χ3n) is 4.45. The molecular weight excluding hydrogens is 338 g/mol. The number of aromatic nitrogens is 1. The van der Waals surface area contributed by atoms with Gasteiger partial charge in [0.1, 0.15) is 23.0 Å². The van der Waals surface area contributed by atoms with Crippen LogP contribution in [0.2, 0.25) is 0 Å². The van der Waals surface area contributed by atoms with E-state index in [0.29, 0.717) is 11.6 Å². The summed E-state index contributed by atoms with van der Waals surface area (Å²) >= 11 is 0. The first kappa shape index (κ1) is 16.4. The molecule has 0 aliphatic carbocycles. The molecule has 0 amide bonds. The molecule has 3 aromatic rings. The van der Waals surface area contributed by atoms with Crippen molar-refractivity contribution >= 4 is 22.7 Å². The van der Waals surface area contributed by atoms with Gasteiger partial charge in [-0.1, -0.05) is 12.1 Å². The van der Waals surface area contributed by atoms with E-state index < -0.39 is 17.6 Å². The van der Waals surface area contributed by atoms with Gasteiger partial charge in [0.15, 0.2) is 5.75 Å². The molecule has 2 heterocycles. The standard InChI is InChI=1S/C20H16F2N2O2/c21-14-7-8-15(16(22)12-14)20(25)26-17-5-3-4-13-6-9-18(23-19(13)17)24-10-1-2-11-24/h3-9,12H,1-2,10-11H2. The van der Waals surface area contributed by atoms with Crippen LogP contribution >= 0.6 is 0 Å². The zero-order valence-electron chi connectivity index (χ0n) is 13.9. The minimum Gasteiger partial charge on any atom is -0.421 e. The first-order valence-corrected chi connectivity index (χ1v) is 8.44. The van der Waals surface area contributed by atoms with Crippen molar-refractivity contribution in [3.8, 4) is 5.75 Å². The van der Waals surface area contributed by atoms with Gasteiger partial charge in [-0.05, 0) is 43.2 Å². The summed E-state index contributed by atoms with van der Waals surface area (Å²) in [5.41, 5.74) is 0.215. The number of hydrogen-bond acceptors (Lipinski definition) is 4. The molecule has 0 N–H and O–H groups in total. The number of rotatable bonds is 3. The smallest absolute Gasteiger partial charge is 0.346 e. The lowest BCUT2D eigenvalue weighted by atomic mass is 10.2. The average molecular weight is 354 g/mol. The second-order valence-electron chi connectivity index (χ2n) is 6.21. The van der Waals surface area contributed by atoms with Gasteiger partial charge < -0.3 is 9.64 Å². The van der Waals surface area contributed by atoms with Crippen LogP contribution in [0.5, 0.6) is 5.75 Å². The lowest BCUT2D eigenvalue weighted by molar-refractivity contribution is 0.0732. The Morgan fingerprint density at radius 1 is 1.04 bits per heavy atom. The number of ether oxygens (including phenoxy) is 1. The Morgan fingerprint density at radius 3 is 2.62 bits per heavy atom. The molecule has 4 rings (SSSR count). The molecule has 4 nitrogen and oxygen atoms in total. The van der Waals surface area contributed by atoms with E-state index >= 15 is 0 Å². The fourth-order valence-corrected chi connectivity index (χ4v) is 3.12.